The number of nitrogens with one attached hydrogen (secondary N) is 1. The van der Waals surface area contributed by atoms with Gasteiger partial charge in [0.25, 0.3) is 0 Å². The highest BCUT2D eigenvalue weighted by Gasteiger charge is 2.34. The molecule has 21 heavy (non-hydrogen) atoms. The molecule has 3 N–H and O–H groups in total. The highest BCUT2D eigenvalue weighted by molar-refractivity contribution is 5.87. The van der Waals surface area contributed by atoms with Gasteiger partial charge in [0.15, 0.2) is 5.82 Å². The molecule has 3 rings (SSSR count). The summed E-state index contributed by atoms with van der Waals surface area (Å²) >= 11 is 0. The number of anilines is 2. The smallest absolute Gasteiger partial charge is 0.245 e. The lowest BCUT2D eigenvalue weighted by atomic mass is 10.2. The predicted octanol–water partition coefficient (Wildman–Crippen LogP) is 0.0193. The number of rotatable bonds is 3. The third-order valence-electron chi connectivity index (χ3n) is 3.65. The number of nitrogens with two attached hydrogens (primary N) is 1. The summed E-state index contributed by atoms with van der Waals surface area (Å²) < 4.78 is 5.42. The molecule has 0 bridgehead atoms. The van der Waals surface area contributed by atoms with Gasteiger partial charge in [0.1, 0.15) is 12.1 Å². The van der Waals surface area contributed by atoms with Crippen molar-refractivity contribution in [2.75, 3.05) is 30.4 Å². The summed E-state index contributed by atoms with van der Waals surface area (Å²) in [4.78, 5) is 18.4. The van der Waals surface area contributed by atoms with Crippen molar-refractivity contribution < 1.29 is 9.53 Å². The molecule has 0 spiro atoms. The fraction of sp³-hybridized carbons (Fsp3) is 0.500. The van der Waals surface area contributed by atoms with Crippen LogP contribution < -0.4 is 16.0 Å². The summed E-state index contributed by atoms with van der Waals surface area (Å²) in [5, 5.41) is 11.9. The Hall–Kier alpha value is -2.33. The Kier molecular flexibility index (Phi) is 3.62. The maximum atomic E-state index is 12.3. The lowest BCUT2D eigenvalue weighted by Gasteiger charge is -2.36. The molecule has 1 aliphatic carbocycles. The van der Waals surface area contributed by atoms with E-state index in [1.807, 2.05) is 11.0 Å². The van der Waals surface area contributed by atoms with Gasteiger partial charge < -0.3 is 20.7 Å². The third-order valence-corrected chi connectivity index (χ3v) is 3.65. The van der Waals surface area contributed by atoms with Crippen molar-refractivity contribution in [1.29, 1.82) is 5.26 Å². The number of pyridine rings is 1. The summed E-state index contributed by atoms with van der Waals surface area (Å²) in [6, 6.07) is 3.45. The number of amides is 1. The number of nitrogen functional groups attached to an aromatic ring is 1. The van der Waals surface area contributed by atoms with Gasteiger partial charge in [-0.15, -0.1) is 0 Å². The number of hydrogen-bond acceptors (Lipinski definition) is 6. The first-order valence-electron chi connectivity index (χ1n) is 6.99. The number of hydrogen-bond donors (Lipinski definition) is 2. The van der Waals surface area contributed by atoms with E-state index in [-0.39, 0.29) is 5.91 Å². The van der Waals surface area contributed by atoms with Crippen LogP contribution in [0.25, 0.3) is 0 Å². The first-order chi connectivity index (χ1) is 10.2. The molecule has 2 fully saturated rings. The lowest BCUT2D eigenvalue weighted by molar-refractivity contribution is -0.124. The van der Waals surface area contributed by atoms with Gasteiger partial charge in [0.05, 0.1) is 24.5 Å². The van der Waals surface area contributed by atoms with Crippen molar-refractivity contribution in [2.45, 2.75) is 24.9 Å². The zero-order valence-corrected chi connectivity index (χ0v) is 11.6. The number of morpholine rings is 1. The molecule has 2 aliphatic rings. The van der Waals surface area contributed by atoms with Crippen LogP contribution in [-0.2, 0) is 9.53 Å². The Morgan fingerprint density at radius 2 is 2.38 bits per heavy atom. The van der Waals surface area contributed by atoms with E-state index in [1.165, 1.54) is 6.20 Å². The number of nitrogens with zero attached hydrogens (tertiary/aromatic N) is 3. The fourth-order valence-electron chi connectivity index (χ4n) is 2.38. The zero-order valence-electron chi connectivity index (χ0n) is 11.6. The first kappa shape index (κ1) is 13.6. The van der Waals surface area contributed by atoms with Crippen molar-refractivity contribution >= 4 is 17.4 Å². The molecule has 1 aromatic rings. The zero-order chi connectivity index (χ0) is 14.8. The second-order valence-corrected chi connectivity index (χ2v) is 5.32. The molecule has 7 nitrogen and oxygen atoms in total. The summed E-state index contributed by atoms with van der Waals surface area (Å²) in [5.41, 5.74) is 6.78. The molecule has 1 amide bonds. The molecule has 1 atom stereocenters. The summed E-state index contributed by atoms with van der Waals surface area (Å²) in [7, 11) is 0. The molecule has 1 saturated heterocycles. The molecular formula is C14H17N5O2. The van der Waals surface area contributed by atoms with Gasteiger partial charge in [-0.2, -0.15) is 5.26 Å². The topological polar surface area (TPSA) is 104 Å². The molecular weight excluding hydrogens is 270 g/mol. The van der Waals surface area contributed by atoms with Crippen molar-refractivity contribution in [3.8, 4) is 6.07 Å². The van der Waals surface area contributed by atoms with Gasteiger partial charge >= 0.3 is 0 Å². The third kappa shape index (κ3) is 2.90. The second kappa shape index (κ2) is 5.58. The van der Waals surface area contributed by atoms with E-state index in [9.17, 15) is 4.79 Å². The highest BCUT2D eigenvalue weighted by atomic mass is 16.5. The highest BCUT2D eigenvalue weighted by Crippen LogP contribution is 2.26. The summed E-state index contributed by atoms with van der Waals surface area (Å²) in [6.45, 7) is 1.39. The summed E-state index contributed by atoms with van der Waals surface area (Å²) in [6.07, 6.45) is 3.55. The van der Waals surface area contributed by atoms with Crippen LogP contribution in [0.3, 0.4) is 0 Å². The standard InChI is InChI=1S/C14H17N5O2/c15-6-9-5-11(16)13(17-7-9)19-3-4-21-8-12(19)14(20)18-10-1-2-10/h5,7,10,12H,1-4,8,16H2,(H,18,20). The number of aromatic nitrogens is 1. The van der Waals surface area contributed by atoms with Crippen molar-refractivity contribution in [3.63, 3.8) is 0 Å². The Morgan fingerprint density at radius 3 is 3.05 bits per heavy atom. The fourth-order valence-corrected chi connectivity index (χ4v) is 2.38. The van der Waals surface area contributed by atoms with Crippen LogP contribution in [0.2, 0.25) is 0 Å². The van der Waals surface area contributed by atoms with E-state index >= 15 is 0 Å². The molecule has 7 heteroatoms. The molecule has 1 aliphatic heterocycles. The average Bonchev–Trinajstić information content (AvgIpc) is 3.31. The second-order valence-electron chi connectivity index (χ2n) is 5.32. The van der Waals surface area contributed by atoms with E-state index in [4.69, 9.17) is 15.7 Å². The van der Waals surface area contributed by atoms with Crippen LogP contribution >= 0.6 is 0 Å². The van der Waals surface area contributed by atoms with Crippen LogP contribution in [0, 0.1) is 11.3 Å². The van der Waals surface area contributed by atoms with E-state index in [2.05, 4.69) is 10.3 Å². The number of carbonyl (C=O) groups excluding carboxylic acids is 1. The Balaban J connectivity index is 1.83. The van der Waals surface area contributed by atoms with Crippen LogP contribution in [-0.4, -0.2) is 42.7 Å². The molecule has 0 radical (unpaired) electrons. The van der Waals surface area contributed by atoms with Gasteiger partial charge in [-0.3, -0.25) is 4.79 Å². The molecule has 110 valence electrons. The Bertz CT molecular complexity index is 594. The van der Waals surface area contributed by atoms with Gasteiger partial charge in [-0.1, -0.05) is 0 Å². The van der Waals surface area contributed by atoms with Gasteiger partial charge in [0, 0.05) is 18.8 Å². The maximum absolute atomic E-state index is 12.3. The number of ether oxygens (including phenoxy) is 1. The molecule has 1 unspecified atom stereocenters. The Labute approximate surface area is 122 Å². The quantitative estimate of drug-likeness (QED) is 0.812. The van der Waals surface area contributed by atoms with Gasteiger partial charge in [0.2, 0.25) is 5.91 Å². The van der Waals surface area contributed by atoms with Crippen LogP contribution in [0.4, 0.5) is 11.5 Å². The predicted molar refractivity (Wildman–Crippen MR) is 76.5 cm³/mol. The van der Waals surface area contributed by atoms with E-state index in [0.29, 0.717) is 42.9 Å². The number of carbonyl (C=O) groups is 1. The average molecular weight is 287 g/mol. The van der Waals surface area contributed by atoms with Crippen LogP contribution in [0.5, 0.6) is 0 Å². The minimum Gasteiger partial charge on any atom is -0.396 e. The van der Waals surface area contributed by atoms with Crippen molar-refractivity contribution in [2.24, 2.45) is 0 Å². The molecule has 2 heterocycles. The van der Waals surface area contributed by atoms with Crippen LogP contribution in [0.15, 0.2) is 12.3 Å². The van der Waals surface area contributed by atoms with Crippen LogP contribution in [0.1, 0.15) is 18.4 Å². The van der Waals surface area contributed by atoms with E-state index in [1.54, 1.807) is 6.07 Å². The SMILES string of the molecule is N#Cc1cnc(N2CCOCC2C(=O)NC2CC2)c(N)c1. The van der Waals surface area contributed by atoms with Crippen molar-refractivity contribution in [3.05, 3.63) is 17.8 Å². The molecule has 1 saturated carbocycles. The molecule has 0 aromatic carbocycles. The lowest BCUT2D eigenvalue weighted by Crippen LogP contribution is -2.54. The van der Waals surface area contributed by atoms with E-state index in [0.717, 1.165) is 12.8 Å². The molecule has 1 aromatic heterocycles. The van der Waals surface area contributed by atoms with E-state index < -0.39 is 6.04 Å². The number of nitriles is 1. The largest absolute Gasteiger partial charge is 0.396 e. The normalized spacial score (nSPS) is 21.7. The van der Waals surface area contributed by atoms with Crippen molar-refractivity contribution in [1.82, 2.24) is 10.3 Å². The van der Waals surface area contributed by atoms with Gasteiger partial charge in [-0.25, -0.2) is 4.98 Å². The Morgan fingerprint density at radius 1 is 1.57 bits per heavy atom. The first-order valence-corrected chi connectivity index (χ1v) is 6.99. The minimum atomic E-state index is -0.429. The monoisotopic (exact) mass is 287 g/mol. The summed E-state index contributed by atoms with van der Waals surface area (Å²) in [5.74, 6) is 0.482. The van der Waals surface area contributed by atoms with Gasteiger partial charge in [-0.05, 0) is 18.9 Å². The maximum Gasteiger partial charge on any atom is 0.245 e. The minimum absolute atomic E-state index is 0.0530.